The molecule has 0 aliphatic heterocycles. The SMILES string of the molecule is Cc1cc(C#N)cc(Oc2ccc3ccccc3c2)n1. The third-order valence-corrected chi connectivity index (χ3v) is 3.00. The Morgan fingerprint density at radius 3 is 2.60 bits per heavy atom. The van der Waals surface area contributed by atoms with Crippen LogP contribution < -0.4 is 4.74 Å². The molecule has 1 heterocycles. The number of aromatic nitrogens is 1. The van der Waals surface area contributed by atoms with E-state index in [0.717, 1.165) is 16.5 Å². The first-order chi connectivity index (χ1) is 9.74. The molecule has 2 aromatic carbocycles. The van der Waals surface area contributed by atoms with Crippen molar-refractivity contribution < 1.29 is 4.74 Å². The molecule has 3 heteroatoms. The van der Waals surface area contributed by atoms with Gasteiger partial charge in [0.05, 0.1) is 11.6 Å². The quantitative estimate of drug-likeness (QED) is 0.693. The molecule has 0 saturated heterocycles. The van der Waals surface area contributed by atoms with Crippen molar-refractivity contribution in [1.29, 1.82) is 5.26 Å². The Morgan fingerprint density at radius 2 is 1.80 bits per heavy atom. The van der Waals surface area contributed by atoms with Crippen LogP contribution in [0.5, 0.6) is 11.6 Å². The van der Waals surface area contributed by atoms with Gasteiger partial charge >= 0.3 is 0 Å². The number of rotatable bonds is 2. The minimum atomic E-state index is 0.442. The molecule has 1 aromatic heterocycles. The summed E-state index contributed by atoms with van der Waals surface area (Å²) in [5.74, 6) is 1.16. The van der Waals surface area contributed by atoms with Crippen LogP contribution >= 0.6 is 0 Å². The molecular formula is C17H12N2O. The van der Waals surface area contributed by atoms with Crippen LogP contribution in [0, 0.1) is 18.3 Å². The number of hydrogen-bond donors (Lipinski definition) is 0. The Kier molecular flexibility index (Phi) is 3.06. The average molecular weight is 260 g/mol. The van der Waals surface area contributed by atoms with Crippen molar-refractivity contribution in [3.05, 3.63) is 65.9 Å². The highest BCUT2D eigenvalue weighted by molar-refractivity contribution is 5.83. The van der Waals surface area contributed by atoms with Crippen LogP contribution in [0.2, 0.25) is 0 Å². The van der Waals surface area contributed by atoms with Gasteiger partial charge in [0.25, 0.3) is 0 Å². The van der Waals surface area contributed by atoms with Gasteiger partial charge < -0.3 is 4.74 Å². The molecule has 3 rings (SSSR count). The van der Waals surface area contributed by atoms with Crippen molar-refractivity contribution in [1.82, 2.24) is 4.98 Å². The predicted octanol–water partition coefficient (Wildman–Crippen LogP) is 4.21. The van der Waals surface area contributed by atoms with E-state index in [1.165, 1.54) is 0 Å². The third-order valence-electron chi connectivity index (χ3n) is 3.00. The first-order valence-electron chi connectivity index (χ1n) is 6.30. The van der Waals surface area contributed by atoms with Crippen LogP contribution in [0.25, 0.3) is 10.8 Å². The number of benzene rings is 2. The van der Waals surface area contributed by atoms with Crippen LogP contribution in [0.3, 0.4) is 0 Å². The molecule has 3 aromatic rings. The maximum absolute atomic E-state index is 8.96. The van der Waals surface area contributed by atoms with Gasteiger partial charge in [-0.1, -0.05) is 30.3 Å². The molecule has 0 N–H and O–H groups in total. The van der Waals surface area contributed by atoms with E-state index >= 15 is 0 Å². The molecule has 20 heavy (non-hydrogen) atoms. The second-order valence-corrected chi connectivity index (χ2v) is 4.56. The van der Waals surface area contributed by atoms with Crippen molar-refractivity contribution in [3.63, 3.8) is 0 Å². The van der Waals surface area contributed by atoms with Gasteiger partial charge in [-0.3, -0.25) is 0 Å². The van der Waals surface area contributed by atoms with E-state index in [4.69, 9.17) is 10.00 Å². The highest BCUT2D eigenvalue weighted by Gasteiger charge is 2.03. The van der Waals surface area contributed by atoms with Gasteiger partial charge in [0.1, 0.15) is 5.75 Å². The molecule has 0 spiro atoms. The summed E-state index contributed by atoms with van der Waals surface area (Å²) in [4.78, 5) is 4.28. The maximum atomic E-state index is 8.96. The molecule has 0 saturated carbocycles. The summed E-state index contributed by atoms with van der Waals surface area (Å²) < 4.78 is 5.75. The lowest BCUT2D eigenvalue weighted by Crippen LogP contribution is -1.91. The van der Waals surface area contributed by atoms with E-state index < -0.39 is 0 Å². The summed E-state index contributed by atoms with van der Waals surface area (Å²) in [5, 5.41) is 11.2. The summed E-state index contributed by atoms with van der Waals surface area (Å²) in [6, 6.07) is 19.4. The minimum absolute atomic E-state index is 0.442. The van der Waals surface area contributed by atoms with E-state index in [9.17, 15) is 0 Å². The number of ether oxygens (including phenoxy) is 1. The van der Waals surface area contributed by atoms with Gasteiger partial charge in [-0.05, 0) is 35.9 Å². The summed E-state index contributed by atoms with van der Waals surface area (Å²) in [6.07, 6.45) is 0. The second-order valence-electron chi connectivity index (χ2n) is 4.56. The molecule has 96 valence electrons. The van der Waals surface area contributed by atoms with E-state index in [1.54, 1.807) is 12.1 Å². The molecule has 0 atom stereocenters. The first kappa shape index (κ1) is 12.2. The molecular weight excluding hydrogens is 248 g/mol. The summed E-state index contributed by atoms with van der Waals surface area (Å²) >= 11 is 0. The van der Waals surface area contributed by atoms with Crippen molar-refractivity contribution in [2.45, 2.75) is 6.92 Å². The molecule has 0 amide bonds. The lowest BCUT2D eigenvalue weighted by molar-refractivity contribution is 0.462. The fourth-order valence-corrected chi connectivity index (χ4v) is 2.11. The Balaban J connectivity index is 1.97. The monoisotopic (exact) mass is 260 g/mol. The average Bonchev–Trinajstić information content (AvgIpc) is 2.46. The third kappa shape index (κ3) is 2.45. The summed E-state index contributed by atoms with van der Waals surface area (Å²) in [7, 11) is 0. The van der Waals surface area contributed by atoms with Gasteiger partial charge in [0.15, 0.2) is 0 Å². The number of fused-ring (bicyclic) bond motifs is 1. The minimum Gasteiger partial charge on any atom is -0.439 e. The smallest absolute Gasteiger partial charge is 0.220 e. The zero-order valence-electron chi connectivity index (χ0n) is 11.0. The number of nitriles is 1. The summed E-state index contributed by atoms with van der Waals surface area (Å²) in [5.41, 5.74) is 1.31. The normalized spacial score (nSPS) is 10.2. The van der Waals surface area contributed by atoms with Crippen molar-refractivity contribution in [2.75, 3.05) is 0 Å². The first-order valence-corrected chi connectivity index (χ1v) is 6.30. The largest absolute Gasteiger partial charge is 0.439 e. The maximum Gasteiger partial charge on any atom is 0.220 e. The Bertz CT molecular complexity index is 819. The van der Waals surface area contributed by atoms with Crippen LogP contribution in [0.15, 0.2) is 54.6 Å². The van der Waals surface area contributed by atoms with Gasteiger partial charge in [-0.25, -0.2) is 4.98 Å². The van der Waals surface area contributed by atoms with Crippen LogP contribution in [-0.4, -0.2) is 4.98 Å². The highest BCUT2D eigenvalue weighted by atomic mass is 16.5. The fourth-order valence-electron chi connectivity index (χ4n) is 2.11. The second kappa shape index (κ2) is 5.02. The zero-order valence-corrected chi connectivity index (χ0v) is 11.0. The summed E-state index contributed by atoms with van der Waals surface area (Å²) in [6.45, 7) is 1.84. The molecule has 0 aliphatic rings. The van der Waals surface area contributed by atoms with Crippen molar-refractivity contribution in [3.8, 4) is 17.7 Å². The molecule has 0 unspecified atom stereocenters. The molecule has 0 radical (unpaired) electrons. The van der Waals surface area contributed by atoms with E-state index in [-0.39, 0.29) is 0 Å². The number of aryl methyl sites for hydroxylation is 1. The number of nitrogens with zero attached hydrogens (tertiary/aromatic N) is 2. The van der Waals surface area contributed by atoms with Gasteiger partial charge in [0.2, 0.25) is 5.88 Å². The highest BCUT2D eigenvalue weighted by Crippen LogP contribution is 2.25. The zero-order chi connectivity index (χ0) is 13.9. The topological polar surface area (TPSA) is 45.9 Å². The number of hydrogen-bond acceptors (Lipinski definition) is 3. The lowest BCUT2D eigenvalue weighted by atomic mass is 10.1. The molecule has 0 fully saturated rings. The van der Waals surface area contributed by atoms with Gasteiger partial charge in [-0.2, -0.15) is 5.26 Å². The molecule has 0 bridgehead atoms. The van der Waals surface area contributed by atoms with Gasteiger partial charge in [0, 0.05) is 11.8 Å². The fraction of sp³-hybridized carbons (Fsp3) is 0.0588. The molecule has 0 aliphatic carbocycles. The van der Waals surface area contributed by atoms with Crippen LogP contribution in [0.4, 0.5) is 0 Å². The van der Waals surface area contributed by atoms with Crippen molar-refractivity contribution in [2.24, 2.45) is 0 Å². The Labute approximate surface area is 117 Å². The van der Waals surface area contributed by atoms with Crippen molar-refractivity contribution >= 4 is 10.8 Å². The molecule has 3 nitrogen and oxygen atoms in total. The Morgan fingerprint density at radius 1 is 1.00 bits per heavy atom. The Hall–Kier alpha value is -2.86. The van der Waals surface area contributed by atoms with Gasteiger partial charge in [-0.15, -0.1) is 0 Å². The predicted molar refractivity (Wildman–Crippen MR) is 77.7 cm³/mol. The van der Waals surface area contributed by atoms with Crippen LogP contribution in [-0.2, 0) is 0 Å². The van der Waals surface area contributed by atoms with E-state index in [1.807, 2.05) is 43.3 Å². The van der Waals surface area contributed by atoms with E-state index in [0.29, 0.717) is 17.2 Å². The van der Waals surface area contributed by atoms with E-state index in [2.05, 4.69) is 17.1 Å². The van der Waals surface area contributed by atoms with Crippen LogP contribution in [0.1, 0.15) is 11.3 Å². The lowest BCUT2D eigenvalue weighted by Gasteiger charge is -2.07. The number of pyridine rings is 1. The standard InChI is InChI=1S/C17H12N2O/c1-12-8-13(11-18)9-17(19-12)20-16-7-6-14-4-2-3-5-15(14)10-16/h2-10H,1H3.